The standard InChI is InChI=1S/C13H18IN3O2/c1-10(2)15-5-7-16(8-6-15)11-3-4-13(17(18)19)12(14)9-11/h3-4,9-10H,5-8H2,1-2H3. The van der Waals surface area contributed by atoms with Crippen molar-refractivity contribution in [3.8, 4) is 0 Å². The van der Waals surface area contributed by atoms with Crippen LogP contribution in [0.25, 0.3) is 0 Å². The second-order valence-electron chi connectivity index (χ2n) is 5.01. The number of hydrogen-bond acceptors (Lipinski definition) is 4. The minimum absolute atomic E-state index is 0.185. The molecule has 1 saturated heterocycles. The first-order chi connectivity index (χ1) is 8.99. The van der Waals surface area contributed by atoms with E-state index in [2.05, 4.69) is 23.6 Å². The van der Waals surface area contributed by atoms with Gasteiger partial charge in [0.1, 0.15) is 0 Å². The fourth-order valence-corrected chi connectivity index (χ4v) is 3.03. The van der Waals surface area contributed by atoms with Crippen molar-refractivity contribution in [1.82, 2.24) is 4.90 Å². The smallest absolute Gasteiger partial charge is 0.282 e. The molecule has 0 spiro atoms. The van der Waals surface area contributed by atoms with Gasteiger partial charge in [-0.15, -0.1) is 0 Å². The number of piperazine rings is 1. The van der Waals surface area contributed by atoms with E-state index < -0.39 is 0 Å². The van der Waals surface area contributed by atoms with Crippen molar-refractivity contribution in [2.45, 2.75) is 19.9 Å². The first-order valence-electron chi connectivity index (χ1n) is 6.42. The summed E-state index contributed by atoms with van der Waals surface area (Å²) < 4.78 is 0.700. The zero-order chi connectivity index (χ0) is 14.0. The Kier molecular flexibility index (Phi) is 4.62. The number of anilines is 1. The Morgan fingerprint density at radius 1 is 1.26 bits per heavy atom. The largest absolute Gasteiger partial charge is 0.369 e. The van der Waals surface area contributed by atoms with E-state index in [1.165, 1.54) is 0 Å². The number of nitro groups is 1. The van der Waals surface area contributed by atoms with Gasteiger partial charge in [0, 0.05) is 44.0 Å². The van der Waals surface area contributed by atoms with Gasteiger partial charge in [-0.2, -0.15) is 0 Å². The van der Waals surface area contributed by atoms with Crippen molar-refractivity contribution in [2.75, 3.05) is 31.1 Å². The van der Waals surface area contributed by atoms with Crippen LogP contribution in [0.4, 0.5) is 11.4 Å². The van der Waals surface area contributed by atoms with Crippen LogP contribution in [0.2, 0.25) is 0 Å². The van der Waals surface area contributed by atoms with Crippen molar-refractivity contribution < 1.29 is 4.92 Å². The molecular weight excluding hydrogens is 357 g/mol. The first-order valence-corrected chi connectivity index (χ1v) is 7.50. The van der Waals surface area contributed by atoms with Crippen molar-refractivity contribution in [1.29, 1.82) is 0 Å². The quantitative estimate of drug-likeness (QED) is 0.463. The average molecular weight is 375 g/mol. The third-order valence-electron chi connectivity index (χ3n) is 3.54. The molecule has 1 fully saturated rings. The van der Waals surface area contributed by atoms with Gasteiger partial charge in [0.05, 0.1) is 8.49 Å². The molecular formula is C13H18IN3O2. The maximum atomic E-state index is 10.8. The highest BCUT2D eigenvalue weighted by Gasteiger charge is 2.20. The first kappa shape index (κ1) is 14.5. The molecule has 0 saturated carbocycles. The van der Waals surface area contributed by atoms with Gasteiger partial charge < -0.3 is 4.90 Å². The Morgan fingerprint density at radius 3 is 2.37 bits per heavy atom. The van der Waals surface area contributed by atoms with Gasteiger partial charge in [-0.1, -0.05) is 0 Å². The molecule has 104 valence electrons. The van der Waals surface area contributed by atoms with E-state index >= 15 is 0 Å². The van der Waals surface area contributed by atoms with Crippen LogP contribution in [0.15, 0.2) is 18.2 Å². The summed E-state index contributed by atoms with van der Waals surface area (Å²) in [6, 6.07) is 5.94. The lowest BCUT2D eigenvalue weighted by atomic mass is 10.2. The molecule has 1 aliphatic heterocycles. The molecule has 0 atom stereocenters. The predicted octanol–water partition coefficient (Wildman–Crippen LogP) is 2.73. The summed E-state index contributed by atoms with van der Waals surface area (Å²) >= 11 is 2.03. The SMILES string of the molecule is CC(C)N1CCN(c2ccc([N+](=O)[O-])c(I)c2)CC1. The molecule has 0 N–H and O–H groups in total. The van der Waals surface area contributed by atoms with Gasteiger partial charge in [-0.25, -0.2) is 0 Å². The number of hydrogen-bond donors (Lipinski definition) is 0. The lowest BCUT2D eigenvalue weighted by molar-refractivity contribution is -0.385. The summed E-state index contributed by atoms with van der Waals surface area (Å²) in [5, 5.41) is 10.8. The van der Waals surface area contributed by atoms with E-state index in [0.717, 1.165) is 31.9 Å². The lowest BCUT2D eigenvalue weighted by Crippen LogP contribution is -2.48. The molecule has 2 rings (SSSR count). The Morgan fingerprint density at radius 2 is 1.89 bits per heavy atom. The van der Waals surface area contributed by atoms with Crippen LogP contribution < -0.4 is 4.90 Å². The monoisotopic (exact) mass is 375 g/mol. The fourth-order valence-electron chi connectivity index (χ4n) is 2.34. The summed E-state index contributed by atoms with van der Waals surface area (Å²) in [4.78, 5) is 15.2. The highest BCUT2D eigenvalue weighted by Crippen LogP contribution is 2.27. The van der Waals surface area contributed by atoms with Gasteiger partial charge in [0.25, 0.3) is 5.69 Å². The summed E-state index contributed by atoms with van der Waals surface area (Å²) in [6.45, 7) is 8.48. The zero-order valence-electron chi connectivity index (χ0n) is 11.2. The van der Waals surface area contributed by atoms with Crippen molar-refractivity contribution in [3.63, 3.8) is 0 Å². The molecule has 0 amide bonds. The van der Waals surface area contributed by atoms with Crippen LogP contribution in [0.5, 0.6) is 0 Å². The minimum atomic E-state index is -0.331. The number of benzene rings is 1. The van der Waals surface area contributed by atoms with E-state index in [4.69, 9.17) is 0 Å². The van der Waals surface area contributed by atoms with E-state index in [1.807, 2.05) is 34.7 Å². The van der Waals surface area contributed by atoms with Crippen LogP contribution in [0.1, 0.15) is 13.8 Å². The van der Waals surface area contributed by atoms with Crippen molar-refractivity contribution in [3.05, 3.63) is 31.9 Å². The van der Waals surface area contributed by atoms with E-state index in [0.29, 0.717) is 9.61 Å². The lowest BCUT2D eigenvalue weighted by Gasteiger charge is -2.38. The molecule has 0 bridgehead atoms. The van der Waals surface area contributed by atoms with Crippen LogP contribution in [0.3, 0.4) is 0 Å². The topological polar surface area (TPSA) is 49.6 Å². The second kappa shape index (κ2) is 6.04. The Bertz CT molecular complexity index is 471. The van der Waals surface area contributed by atoms with Crippen LogP contribution in [-0.4, -0.2) is 42.0 Å². The average Bonchev–Trinajstić information content (AvgIpc) is 2.38. The molecule has 1 heterocycles. The molecule has 5 nitrogen and oxygen atoms in total. The van der Waals surface area contributed by atoms with E-state index in [1.54, 1.807) is 6.07 Å². The third kappa shape index (κ3) is 3.36. The second-order valence-corrected chi connectivity index (χ2v) is 6.17. The summed E-state index contributed by atoms with van der Waals surface area (Å²) in [7, 11) is 0. The van der Waals surface area contributed by atoms with Gasteiger partial charge in [-0.05, 0) is 48.6 Å². The van der Waals surface area contributed by atoms with Crippen LogP contribution in [-0.2, 0) is 0 Å². The Labute approximate surface area is 126 Å². The zero-order valence-corrected chi connectivity index (χ0v) is 13.3. The predicted molar refractivity (Wildman–Crippen MR) is 84.7 cm³/mol. The van der Waals surface area contributed by atoms with Crippen molar-refractivity contribution >= 4 is 34.0 Å². The van der Waals surface area contributed by atoms with Crippen LogP contribution in [0, 0.1) is 13.7 Å². The molecule has 1 aromatic carbocycles. The van der Waals surface area contributed by atoms with Gasteiger partial charge in [0.2, 0.25) is 0 Å². The highest BCUT2D eigenvalue weighted by molar-refractivity contribution is 14.1. The number of nitro benzene ring substituents is 1. The Balaban J connectivity index is 2.08. The number of halogens is 1. The van der Waals surface area contributed by atoms with E-state index in [9.17, 15) is 10.1 Å². The highest BCUT2D eigenvalue weighted by atomic mass is 127. The van der Waals surface area contributed by atoms with Crippen molar-refractivity contribution in [2.24, 2.45) is 0 Å². The fraction of sp³-hybridized carbons (Fsp3) is 0.538. The molecule has 0 aromatic heterocycles. The van der Waals surface area contributed by atoms with E-state index in [-0.39, 0.29) is 10.6 Å². The summed E-state index contributed by atoms with van der Waals surface area (Å²) in [6.07, 6.45) is 0. The third-order valence-corrected chi connectivity index (χ3v) is 4.40. The van der Waals surface area contributed by atoms with Gasteiger partial charge in [-0.3, -0.25) is 15.0 Å². The molecule has 6 heteroatoms. The van der Waals surface area contributed by atoms with Gasteiger partial charge in [0.15, 0.2) is 0 Å². The number of rotatable bonds is 3. The summed E-state index contributed by atoms with van der Waals surface area (Å²) in [5.74, 6) is 0. The van der Waals surface area contributed by atoms with Crippen LogP contribution >= 0.6 is 22.6 Å². The molecule has 19 heavy (non-hydrogen) atoms. The maximum absolute atomic E-state index is 10.8. The minimum Gasteiger partial charge on any atom is -0.369 e. The maximum Gasteiger partial charge on any atom is 0.282 e. The molecule has 0 radical (unpaired) electrons. The summed E-state index contributed by atoms with van der Waals surface area (Å²) in [5.41, 5.74) is 1.27. The van der Waals surface area contributed by atoms with Gasteiger partial charge >= 0.3 is 0 Å². The molecule has 1 aromatic rings. The molecule has 1 aliphatic rings. The molecule has 0 unspecified atom stereocenters. The normalized spacial score (nSPS) is 16.9. The number of nitrogens with zero attached hydrogens (tertiary/aromatic N) is 3. The molecule has 0 aliphatic carbocycles. The Hall–Kier alpha value is -0.890.